The van der Waals surface area contributed by atoms with Gasteiger partial charge in [0.15, 0.2) is 12.4 Å². The summed E-state index contributed by atoms with van der Waals surface area (Å²) in [5, 5.41) is 3.54. The average molecular weight is 270 g/mol. The predicted molar refractivity (Wildman–Crippen MR) is 71.1 cm³/mol. The normalized spacial score (nSPS) is 11.2. The van der Waals surface area contributed by atoms with Crippen LogP contribution in [0, 0.1) is 12.3 Å². The fraction of sp³-hybridized carbons (Fsp3) is 0.583. The van der Waals surface area contributed by atoms with Crippen molar-refractivity contribution in [3.63, 3.8) is 0 Å². The number of ketones is 1. The van der Waals surface area contributed by atoms with Gasteiger partial charge in [0.1, 0.15) is 10.6 Å². The molecule has 0 aliphatic carbocycles. The molecule has 1 aromatic rings. The molecule has 0 saturated carbocycles. The number of Topliss-reactive ketones (excluding diaryl/α,β-unsaturated/α-hetero) is 1. The summed E-state index contributed by atoms with van der Waals surface area (Å²) >= 11 is 1.20. The molecule has 5 nitrogen and oxygen atoms in total. The van der Waals surface area contributed by atoms with Gasteiger partial charge in [-0.3, -0.25) is 4.79 Å². The SMILES string of the molecule is CNc1snc(C)c1C(=O)OCC(=O)C(C)(C)C. The first-order chi connectivity index (χ1) is 8.27. The van der Waals surface area contributed by atoms with Gasteiger partial charge in [0.2, 0.25) is 0 Å². The molecule has 0 amide bonds. The van der Waals surface area contributed by atoms with Crippen LogP contribution in [0.25, 0.3) is 0 Å². The summed E-state index contributed by atoms with van der Waals surface area (Å²) in [5.41, 5.74) is 0.510. The van der Waals surface area contributed by atoms with Crippen LogP contribution >= 0.6 is 11.5 Å². The first kappa shape index (κ1) is 14.6. The number of hydrogen-bond acceptors (Lipinski definition) is 6. The van der Waals surface area contributed by atoms with Crippen LogP contribution in [0.1, 0.15) is 36.8 Å². The van der Waals surface area contributed by atoms with E-state index in [1.807, 2.05) is 0 Å². The molecular formula is C12H18N2O3S. The summed E-state index contributed by atoms with van der Waals surface area (Å²) in [7, 11) is 1.71. The van der Waals surface area contributed by atoms with Crippen molar-refractivity contribution in [1.82, 2.24) is 4.37 Å². The van der Waals surface area contributed by atoms with Crippen LogP contribution in [0.2, 0.25) is 0 Å². The molecule has 1 N–H and O–H groups in total. The van der Waals surface area contributed by atoms with E-state index in [1.54, 1.807) is 34.7 Å². The number of rotatable bonds is 4. The van der Waals surface area contributed by atoms with Gasteiger partial charge in [0.05, 0.1) is 5.69 Å². The molecule has 0 aliphatic heterocycles. The molecule has 0 radical (unpaired) electrons. The van der Waals surface area contributed by atoms with Gasteiger partial charge >= 0.3 is 5.97 Å². The molecule has 0 spiro atoms. The van der Waals surface area contributed by atoms with Gasteiger partial charge in [-0.2, -0.15) is 4.37 Å². The maximum absolute atomic E-state index is 11.9. The number of anilines is 1. The van der Waals surface area contributed by atoms with Gasteiger partial charge in [0.25, 0.3) is 0 Å². The molecule has 1 heterocycles. The van der Waals surface area contributed by atoms with Crippen molar-refractivity contribution in [3.05, 3.63) is 11.3 Å². The minimum Gasteiger partial charge on any atom is -0.454 e. The Kier molecular flexibility index (Phi) is 4.45. The maximum Gasteiger partial charge on any atom is 0.343 e. The smallest absolute Gasteiger partial charge is 0.343 e. The zero-order chi connectivity index (χ0) is 13.9. The third-order valence-electron chi connectivity index (χ3n) is 2.46. The van der Waals surface area contributed by atoms with Crippen molar-refractivity contribution in [2.24, 2.45) is 5.41 Å². The first-order valence-corrected chi connectivity index (χ1v) is 6.39. The summed E-state index contributed by atoms with van der Waals surface area (Å²) in [6, 6.07) is 0. The van der Waals surface area contributed by atoms with Crippen molar-refractivity contribution in [3.8, 4) is 0 Å². The number of nitrogens with zero attached hydrogens (tertiary/aromatic N) is 1. The van der Waals surface area contributed by atoms with Crippen molar-refractivity contribution in [1.29, 1.82) is 0 Å². The van der Waals surface area contributed by atoms with Gasteiger partial charge < -0.3 is 10.1 Å². The average Bonchev–Trinajstić information content (AvgIpc) is 2.65. The molecule has 0 saturated heterocycles. The molecule has 100 valence electrons. The third-order valence-corrected chi connectivity index (χ3v) is 3.42. The quantitative estimate of drug-likeness (QED) is 0.850. The second-order valence-electron chi connectivity index (χ2n) is 4.97. The van der Waals surface area contributed by atoms with E-state index in [0.29, 0.717) is 16.3 Å². The number of aryl methyl sites for hydroxylation is 1. The number of hydrogen-bond donors (Lipinski definition) is 1. The van der Waals surface area contributed by atoms with Crippen LogP contribution in [0.5, 0.6) is 0 Å². The Morgan fingerprint density at radius 3 is 2.50 bits per heavy atom. The van der Waals surface area contributed by atoms with Crippen LogP contribution in [0.3, 0.4) is 0 Å². The highest BCUT2D eigenvalue weighted by Crippen LogP contribution is 2.25. The molecule has 1 aromatic heterocycles. The van der Waals surface area contributed by atoms with Crippen LogP contribution < -0.4 is 5.32 Å². The second-order valence-corrected chi connectivity index (χ2v) is 5.74. The molecule has 0 fully saturated rings. The Balaban J connectivity index is 2.72. The van der Waals surface area contributed by atoms with E-state index in [2.05, 4.69) is 9.69 Å². The van der Waals surface area contributed by atoms with E-state index >= 15 is 0 Å². The summed E-state index contributed by atoms with van der Waals surface area (Å²) in [4.78, 5) is 23.6. The van der Waals surface area contributed by atoms with Crippen molar-refractivity contribution in [2.75, 3.05) is 19.0 Å². The lowest BCUT2D eigenvalue weighted by Crippen LogP contribution is -2.26. The highest BCUT2D eigenvalue weighted by Gasteiger charge is 2.25. The van der Waals surface area contributed by atoms with E-state index in [1.165, 1.54) is 11.5 Å². The lowest BCUT2D eigenvalue weighted by atomic mass is 9.91. The van der Waals surface area contributed by atoms with Crippen LogP contribution in [0.4, 0.5) is 5.00 Å². The van der Waals surface area contributed by atoms with Gasteiger partial charge in [-0.05, 0) is 18.5 Å². The van der Waals surface area contributed by atoms with E-state index in [-0.39, 0.29) is 12.4 Å². The van der Waals surface area contributed by atoms with Gasteiger partial charge in [-0.1, -0.05) is 20.8 Å². The maximum atomic E-state index is 11.9. The topological polar surface area (TPSA) is 68.3 Å². The molecular weight excluding hydrogens is 252 g/mol. The number of ether oxygens (including phenoxy) is 1. The summed E-state index contributed by atoms with van der Waals surface area (Å²) < 4.78 is 9.11. The van der Waals surface area contributed by atoms with Crippen molar-refractivity contribution >= 4 is 28.3 Å². The molecule has 1 rings (SSSR count). The highest BCUT2D eigenvalue weighted by atomic mass is 32.1. The fourth-order valence-corrected chi connectivity index (χ4v) is 1.93. The monoisotopic (exact) mass is 270 g/mol. The van der Waals surface area contributed by atoms with E-state index in [9.17, 15) is 9.59 Å². The van der Waals surface area contributed by atoms with Crippen molar-refractivity contribution in [2.45, 2.75) is 27.7 Å². The Morgan fingerprint density at radius 1 is 1.39 bits per heavy atom. The van der Waals surface area contributed by atoms with Gasteiger partial charge in [0, 0.05) is 12.5 Å². The minimum atomic E-state index is -0.511. The number of carbonyl (C=O) groups excluding carboxylic acids is 2. The molecule has 18 heavy (non-hydrogen) atoms. The number of aromatic nitrogens is 1. The molecule has 0 unspecified atom stereocenters. The van der Waals surface area contributed by atoms with Crippen LogP contribution in [-0.4, -0.2) is 29.8 Å². The number of esters is 1. The predicted octanol–water partition coefficient (Wildman–Crippen LogP) is 2.27. The van der Waals surface area contributed by atoms with Gasteiger partial charge in [-0.15, -0.1) is 0 Å². The van der Waals surface area contributed by atoms with E-state index in [4.69, 9.17) is 4.74 Å². The zero-order valence-electron chi connectivity index (χ0n) is 11.3. The Bertz CT molecular complexity index is 460. The summed E-state index contributed by atoms with van der Waals surface area (Å²) in [6.07, 6.45) is 0. The zero-order valence-corrected chi connectivity index (χ0v) is 12.1. The highest BCUT2D eigenvalue weighted by molar-refractivity contribution is 7.10. The second kappa shape index (κ2) is 5.48. The Hall–Kier alpha value is -1.43. The minimum absolute atomic E-state index is 0.109. The summed E-state index contributed by atoms with van der Waals surface area (Å²) in [5.74, 6) is -0.620. The van der Waals surface area contributed by atoms with Crippen LogP contribution in [0.15, 0.2) is 0 Å². The Labute approximate surface area is 111 Å². The molecule has 0 atom stereocenters. The lowest BCUT2D eigenvalue weighted by molar-refractivity contribution is -0.129. The Morgan fingerprint density at radius 2 is 2.00 bits per heavy atom. The van der Waals surface area contributed by atoms with Crippen molar-refractivity contribution < 1.29 is 14.3 Å². The van der Waals surface area contributed by atoms with Crippen LogP contribution in [-0.2, 0) is 9.53 Å². The molecule has 0 bridgehead atoms. The van der Waals surface area contributed by atoms with Gasteiger partial charge in [-0.25, -0.2) is 4.79 Å². The first-order valence-electron chi connectivity index (χ1n) is 5.61. The largest absolute Gasteiger partial charge is 0.454 e. The van der Waals surface area contributed by atoms with E-state index < -0.39 is 11.4 Å². The standard InChI is InChI=1S/C12H18N2O3S/c1-7-9(10(13-5)18-14-7)11(16)17-6-8(15)12(2,3)4/h13H,6H2,1-5H3. The number of nitrogens with one attached hydrogen (secondary N) is 1. The van der Waals surface area contributed by atoms with E-state index in [0.717, 1.165) is 0 Å². The summed E-state index contributed by atoms with van der Waals surface area (Å²) in [6.45, 7) is 6.90. The lowest BCUT2D eigenvalue weighted by Gasteiger charge is -2.16. The fourth-order valence-electron chi connectivity index (χ4n) is 1.20. The number of carbonyl (C=O) groups is 2. The molecule has 0 aromatic carbocycles. The third kappa shape index (κ3) is 3.29. The molecule has 0 aliphatic rings. The molecule has 6 heteroatoms.